The van der Waals surface area contributed by atoms with E-state index in [9.17, 15) is 18.9 Å². The number of halogens is 2. The van der Waals surface area contributed by atoms with E-state index in [1.807, 2.05) is 24.4 Å². The summed E-state index contributed by atoms with van der Waals surface area (Å²) in [7, 11) is 0. The Labute approximate surface area is 118 Å². The lowest BCUT2D eigenvalue weighted by Crippen LogP contribution is -2.11. The van der Waals surface area contributed by atoms with Crippen molar-refractivity contribution in [1.82, 2.24) is 0 Å². The number of rotatable bonds is 5. The number of nitro benzene ring substituents is 1. The third kappa shape index (κ3) is 2.93. The topological polar surface area (TPSA) is 55.2 Å². The smallest absolute Gasteiger partial charge is 0.298 e. The summed E-state index contributed by atoms with van der Waals surface area (Å²) in [6.07, 6.45) is 0.620. The van der Waals surface area contributed by atoms with Gasteiger partial charge in [0, 0.05) is 10.9 Å². The second-order valence-corrected chi connectivity index (χ2v) is 5.14. The maximum absolute atomic E-state index is 13.8. The van der Waals surface area contributed by atoms with Crippen LogP contribution in [0.1, 0.15) is 24.3 Å². The van der Waals surface area contributed by atoms with Gasteiger partial charge in [0.15, 0.2) is 5.82 Å². The van der Waals surface area contributed by atoms with Crippen molar-refractivity contribution in [2.45, 2.75) is 19.4 Å². The molecule has 7 heteroatoms. The summed E-state index contributed by atoms with van der Waals surface area (Å²) < 4.78 is 26.9. The van der Waals surface area contributed by atoms with Gasteiger partial charge in [-0.2, -0.15) is 0 Å². The summed E-state index contributed by atoms with van der Waals surface area (Å²) in [6, 6.07) is 4.80. The predicted molar refractivity (Wildman–Crippen MR) is 74.0 cm³/mol. The third-order valence-corrected chi connectivity index (χ3v) is 3.83. The molecule has 0 aliphatic rings. The maximum atomic E-state index is 13.8. The van der Waals surface area contributed by atoms with Crippen LogP contribution in [0.15, 0.2) is 29.6 Å². The molecule has 0 aliphatic carbocycles. The molecule has 1 atom stereocenters. The first-order valence-corrected chi connectivity index (χ1v) is 6.84. The molecular formula is C13H12F2N2O2S. The molecule has 1 heterocycles. The zero-order chi connectivity index (χ0) is 14.7. The van der Waals surface area contributed by atoms with Crippen LogP contribution in [0.2, 0.25) is 0 Å². The van der Waals surface area contributed by atoms with Crippen LogP contribution in [0.4, 0.5) is 20.2 Å². The molecule has 0 fully saturated rings. The highest BCUT2D eigenvalue weighted by atomic mass is 32.1. The number of hydrogen-bond donors (Lipinski definition) is 1. The minimum Gasteiger partial charge on any atom is -0.369 e. The van der Waals surface area contributed by atoms with E-state index >= 15 is 0 Å². The average Bonchev–Trinajstić information content (AvgIpc) is 2.90. The minimum atomic E-state index is -0.969. The molecule has 106 valence electrons. The fraction of sp³-hybridized carbons (Fsp3) is 0.231. The van der Waals surface area contributed by atoms with Crippen molar-refractivity contribution in [3.05, 3.63) is 56.3 Å². The zero-order valence-electron chi connectivity index (χ0n) is 10.6. The molecule has 0 radical (unpaired) electrons. The molecule has 0 saturated heterocycles. The predicted octanol–water partition coefficient (Wildman–Crippen LogP) is 4.50. The fourth-order valence-corrected chi connectivity index (χ4v) is 2.75. The van der Waals surface area contributed by atoms with Gasteiger partial charge in [-0.1, -0.05) is 13.0 Å². The van der Waals surface area contributed by atoms with Gasteiger partial charge in [-0.3, -0.25) is 10.1 Å². The monoisotopic (exact) mass is 298 g/mol. The average molecular weight is 298 g/mol. The third-order valence-electron chi connectivity index (χ3n) is 2.84. The van der Waals surface area contributed by atoms with Crippen molar-refractivity contribution < 1.29 is 13.7 Å². The number of anilines is 1. The van der Waals surface area contributed by atoms with Crippen LogP contribution in [0.5, 0.6) is 0 Å². The number of nitrogens with zero attached hydrogens (tertiary/aromatic N) is 1. The fourth-order valence-electron chi connectivity index (χ4n) is 1.89. The molecule has 4 nitrogen and oxygen atoms in total. The summed E-state index contributed by atoms with van der Waals surface area (Å²) in [5.41, 5.74) is -0.880. The highest BCUT2D eigenvalue weighted by Crippen LogP contribution is 2.34. The molecule has 20 heavy (non-hydrogen) atoms. The molecule has 0 saturated carbocycles. The first-order valence-electron chi connectivity index (χ1n) is 5.96. The van der Waals surface area contributed by atoms with Crippen LogP contribution in [-0.2, 0) is 0 Å². The van der Waals surface area contributed by atoms with E-state index in [-0.39, 0.29) is 11.7 Å². The lowest BCUT2D eigenvalue weighted by molar-refractivity contribution is -0.384. The summed E-state index contributed by atoms with van der Waals surface area (Å²) in [6.45, 7) is 1.88. The first kappa shape index (κ1) is 14.4. The SMILES string of the molecule is CCC(Nc1c(F)cc(F)cc1[N+](=O)[O-])c1cccs1. The molecule has 0 bridgehead atoms. The Morgan fingerprint density at radius 3 is 2.75 bits per heavy atom. The minimum absolute atomic E-state index is 0.256. The second kappa shape index (κ2) is 5.96. The standard InChI is InChI=1S/C13H12F2N2O2S/c1-2-10(12-4-3-5-20-12)16-13-9(15)6-8(14)7-11(13)17(18)19/h3-7,10,16H,2H2,1H3. The van der Waals surface area contributed by atoms with E-state index in [2.05, 4.69) is 5.32 Å². The van der Waals surface area contributed by atoms with Gasteiger partial charge in [0.25, 0.3) is 5.69 Å². The molecule has 1 N–H and O–H groups in total. The van der Waals surface area contributed by atoms with Crippen LogP contribution in [0.3, 0.4) is 0 Å². The molecule has 1 unspecified atom stereocenters. The van der Waals surface area contributed by atoms with Crippen LogP contribution in [0, 0.1) is 21.7 Å². The number of thiophene rings is 1. The van der Waals surface area contributed by atoms with Crippen LogP contribution >= 0.6 is 11.3 Å². The molecule has 1 aromatic carbocycles. The van der Waals surface area contributed by atoms with Gasteiger partial charge < -0.3 is 5.32 Å². The summed E-state index contributed by atoms with van der Waals surface area (Å²) in [5, 5.41) is 15.6. The molecule has 2 aromatic rings. The largest absolute Gasteiger partial charge is 0.369 e. The second-order valence-electron chi connectivity index (χ2n) is 4.16. The van der Waals surface area contributed by atoms with Gasteiger partial charge in [-0.25, -0.2) is 8.78 Å². The highest BCUT2D eigenvalue weighted by molar-refractivity contribution is 7.10. The van der Waals surface area contributed by atoms with Crippen molar-refractivity contribution in [3.8, 4) is 0 Å². The van der Waals surface area contributed by atoms with Gasteiger partial charge in [0.05, 0.1) is 17.0 Å². The van der Waals surface area contributed by atoms with Gasteiger partial charge in [0.1, 0.15) is 11.5 Å². The van der Waals surface area contributed by atoms with Gasteiger partial charge >= 0.3 is 0 Å². The molecule has 0 amide bonds. The van der Waals surface area contributed by atoms with Gasteiger partial charge in [0.2, 0.25) is 0 Å². The van der Waals surface area contributed by atoms with Crippen molar-refractivity contribution in [2.24, 2.45) is 0 Å². The Balaban J connectivity index is 2.39. The van der Waals surface area contributed by atoms with Crippen LogP contribution in [0.25, 0.3) is 0 Å². The Bertz CT molecular complexity index is 617. The number of benzene rings is 1. The van der Waals surface area contributed by atoms with E-state index in [1.165, 1.54) is 11.3 Å². The quantitative estimate of drug-likeness (QED) is 0.653. The molecule has 2 rings (SSSR count). The summed E-state index contributed by atoms with van der Waals surface area (Å²) >= 11 is 1.47. The van der Waals surface area contributed by atoms with Crippen LogP contribution < -0.4 is 5.32 Å². The number of nitro groups is 1. The van der Waals surface area contributed by atoms with Crippen molar-refractivity contribution >= 4 is 22.7 Å². The Kier molecular flexibility index (Phi) is 4.29. The molecular weight excluding hydrogens is 286 g/mol. The highest BCUT2D eigenvalue weighted by Gasteiger charge is 2.23. The van der Waals surface area contributed by atoms with Crippen molar-refractivity contribution in [3.63, 3.8) is 0 Å². The maximum Gasteiger partial charge on any atom is 0.298 e. The summed E-state index contributed by atoms with van der Waals surface area (Å²) in [4.78, 5) is 11.1. The zero-order valence-corrected chi connectivity index (χ0v) is 11.4. The summed E-state index contributed by atoms with van der Waals surface area (Å²) in [5.74, 6) is -1.93. The lowest BCUT2D eigenvalue weighted by Gasteiger charge is -2.17. The molecule has 0 spiro atoms. The number of hydrogen-bond acceptors (Lipinski definition) is 4. The number of nitrogens with one attached hydrogen (secondary N) is 1. The van der Waals surface area contributed by atoms with E-state index in [1.54, 1.807) is 0 Å². The van der Waals surface area contributed by atoms with Gasteiger partial charge in [-0.05, 0) is 17.9 Å². The lowest BCUT2D eigenvalue weighted by atomic mass is 10.1. The van der Waals surface area contributed by atoms with E-state index in [4.69, 9.17) is 0 Å². The Hall–Kier alpha value is -2.02. The first-order chi connectivity index (χ1) is 9.52. The van der Waals surface area contributed by atoms with Crippen molar-refractivity contribution in [2.75, 3.05) is 5.32 Å². The Morgan fingerprint density at radius 1 is 1.45 bits per heavy atom. The molecule has 1 aromatic heterocycles. The van der Waals surface area contributed by atoms with Crippen LogP contribution in [-0.4, -0.2) is 4.92 Å². The van der Waals surface area contributed by atoms with Gasteiger partial charge in [-0.15, -0.1) is 11.3 Å². The normalized spacial score (nSPS) is 12.2. The van der Waals surface area contributed by atoms with Crippen molar-refractivity contribution in [1.29, 1.82) is 0 Å². The van der Waals surface area contributed by atoms with E-state index in [0.29, 0.717) is 18.6 Å². The van der Waals surface area contributed by atoms with E-state index < -0.39 is 22.2 Å². The Morgan fingerprint density at radius 2 is 2.20 bits per heavy atom. The molecule has 0 aliphatic heterocycles. The van der Waals surface area contributed by atoms with E-state index in [0.717, 1.165) is 4.88 Å².